The van der Waals surface area contributed by atoms with E-state index in [4.69, 9.17) is 9.47 Å². The standard InChI is InChI=1S/C15H16O3/c1-3-11-4-9-15(14(16)10-11)18-13-7-5-12(17-2)6-8-13/h4-10,16H,3H2,1-2H3. The summed E-state index contributed by atoms with van der Waals surface area (Å²) in [5.74, 6) is 2.05. The molecule has 0 saturated carbocycles. The van der Waals surface area contributed by atoms with Crippen molar-refractivity contribution in [2.24, 2.45) is 0 Å². The zero-order valence-electron chi connectivity index (χ0n) is 10.5. The predicted molar refractivity (Wildman–Crippen MR) is 70.6 cm³/mol. The molecule has 0 aliphatic rings. The van der Waals surface area contributed by atoms with E-state index in [9.17, 15) is 5.11 Å². The summed E-state index contributed by atoms with van der Waals surface area (Å²) >= 11 is 0. The van der Waals surface area contributed by atoms with Crippen LogP contribution in [0.2, 0.25) is 0 Å². The fraction of sp³-hybridized carbons (Fsp3) is 0.200. The van der Waals surface area contributed by atoms with Crippen molar-refractivity contribution in [1.29, 1.82) is 0 Å². The van der Waals surface area contributed by atoms with Crippen LogP contribution in [0.3, 0.4) is 0 Å². The van der Waals surface area contributed by atoms with Crippen LogP contribution in [-0.2, 0) is 6.42 Å². The summed E-state index contributed by atoms with van der Waals surface area (Å²) in [6.45, 7) is 2.04. The molecule has 0 saturated heterocycles. The van der Waals surface area contributed by atoms with Crippen LogP contribution >= 0.6 is 0 Å². The average molecular weight is 244 g/mol. The van der Waals surface area contributed by atoms with Crippen molar-refractivity contribution in [3.8, 4) is 23.0 Å². The van der Waals surface area contributed by atoms with Crippen molar-refractivity contribution in [2.45, 2.75) is 13.3 Å². The van der Waals surface area contributed by atoms with E-state index in [1.165, 1.54) is 0 Å². The first-order valence-electron chi connectivity index (χ1n) is 5.86. The van der Waals surface area contributed by atoms with Gasteiger partial charge in [-0.2, -0.15) is 0 Å². The van der Waals surface area contributed by atoms with Crippen LogP contribution < -0.4 is 9.47 Å². The molecular weight excluding hydrogens is 228 g/mol. The number of phenolic OH excluding ortho intramolecular Hbond substituents is 1. The summed E-state index contributed by atoms with van der Waals surface area (Å²) < 4.78 is 10.7. The van der Waals surface area contributed by atoms with Gasteiger partial charge in [-0.05, 0) is 48.4 Å². The Morgan fingerprint density at radius 1 is 1.00 bits per heavy atom. The highest BCUT2D eigenvalue weighted by Crippen LogP contribution is 2.32. The van der Waals surface area contributed by atoms with Gasteiger partial charge >= 0.3 is 0 Å². The smallest absolute Gasteiger partial charge is 0.169 e. The molecular formula is C15H16O3. The van der Waals surface area contributed by atoms with Gasteiger partial charge in [-0.1, -0.05) is 13.0 Å². The third-order valence-electron chi connectivity index (χ3n) is 2.72. The number of rotatable bonds is 4. The molecule has 94 valence electrons. The second kappa shape index (κ2) is 5.45. The highest BCUT2D eigenvalue weighted by atomic mass is 16.5. The van der Waals surface area contributed by atoms with Gasteiger partial charge in [0.05, 0.1) is 7.11 Å². The summed E-state index contributed by atoms with van der Waals surface area (Å²) in [6, 6.07) is 12.7. The topological polar surface area (TPSA) is 38.7 Å². The molecule has 3 heteroatoms. The van der Waals surface area contributed by atoms with E-state index in [1.54, 1.807) is 31.4 Å². The Morgan fingerprint density at radius 3 is 2.22 bits per heavy atom. The van der Waals surface area contributed by atoms with Crippen molar-refractivity contribution in [1.82, 2.24) is 0 Å². The SMILES string of the molecule is CCc1ccc(Oc2ccc(OC)cc2)c(O)c1. The van der Waals surface area contributed by atoms with Crippen LogP contribution in [0.1, 0.15) is 12.5 Å². The van der Waals surface area contributed by atoms with E-state index >= 15 is 0 Å². The largest absolute Gasteiger partial charge is 0.504 e. The number of benzene rings is 2. The minimum atomic E-state index is 0.158. The molecule has 2 rings (SSSR count). The summed E-state index contributed by atoms with van der Waals surface area (Å²) in [5, 5.41) is 9.83. The lowest BCUT2D eigenvalue weighted by atomic mass is 10.1. The normalized spacial score (nSPS) is 10.1. The predicted octanol–water partition coefficient (Wildman–Crippen LogP) is 3.76. The molecule has 0 aromatic heterocycles. The molecule has 0 heterocycles. The Kier molecular flexibility index (Phi) is 3.72. The number of hydrogen-bond donors (Lipinski definition) is 1. The number of aryl methyl sites for hydroxylation is 1. The van der Waals surface area contributed by atoms with Gasteiger partial charge in [0.15, 0.2) is 11.5 Å². The summed E-state index contributed by atoms with van der Waals surface area (Å²) in [4.78, 5) is 0. The summed E-state index contributed by atoms with van der Waals surface area (Å²) in [6.07, 6.45) is 0.885. The van der Waals surface area contributed by atoms with Crippen LogP contribution in [0.25, 0.3) is 0 Å². The molecule has 0 fully saturated rings. The monoisotopic (exact) mass is 244 g/mol. The highest BCUT2D eigenvalue weighted by Gasteiger charge is 2.04. The molecule has 0 aliphatic heterocycles. The number of phenols is 1. The minimum absolute atomic E-state index is 0.158. The quantitative estimate of drug-likeness (QED) is 0.890. The second-order valence-electron chi connectivity index (χ2n) is 3.93. The Labute approximate surface area is 107 Å². The van der Waals surface area contributed by atoms with E-state index in [0.29, 0.717) is 11.5 Å². The molecule has 0 unspecified atom stereocenters. The molecule has 2 aromatic carbocycles. The van der Waals surface area contributed by atoms with Crippen molar-refractivity contribution in [3.63, 3.8) is 0 Å². The van der Waals surface area contributed by atoms with Gasteiger partial charge in [-0.25, -0.2) is 0 Å². The fourth-order valence-electron chi connectivity index (χ4n) is 1.64. The number of hydrogen-bond acceptors (Lipinski definition) is 3. The third-order valence-corrected chi connectivity index (χ3v) is 2.72. The molecule has 18 heavy (non-hydrogen) atoms. The maximum absolute atomic E-state index is 9.83. The minimum Gasteiger partial charge on any atom is -0.504 e. The first-order chi connectivity index (χ1) is 8.72. The molecule has 0 radical (unpaired) electrons. The third kappa shape index (κ3) is 2.74. The Hall–Kier alpha value is -2.16. The second-order valence-corrected chi connectivity index (χ2v) is 3.93. The van der Waals surface area contributed by atoms with Crippen molar-refractivity contribution in [3.05, 3.63) is 48.0 Å². The molecule has 0 bridgehead atoms. The van der Waals surface area contributed by atoms with Gasteiger partial charge in [0.1, 0.15) is 11.5 Å². The van der Waals surface area contributed by atoms with E-state index in [1.807, 2.05) is 25.1 Å². The van der Waals surface area contributed by atoms with Crippen molar-refractivity contribution < 1.29 is 14.6 Å². The molecule has 1 N–H and O–H groups in total. The Morgan fingerprint density at radius 2 is 1.67 bits per heavy atom. The number of aromatic hydroxyl groups is 1. The van der Waals surface area contributed by atoms with Gasteiger partial charge in [0.25, 0.3) is 0 Å². The van der Waals surface area contributed by atoms with Crippen LogP contribution in [0, 0.1) is 0 Å². The molecule has 0 spiro atoms. The molecule has 0 atom stereocenters. The first-order valence-corrected chi connectivity index (χ1v) is 5.86. The zero-order chi connectivity index (χ0) is 13.0. The van der Waals surface area contributed by atoms with E-state index in [2.05, 4.69) is 0 Å². The summed E-state index contributed by atoms with van der Waals surface area (Å²) in [5.41, 5.74) is 1.08. The maximum atomic E-state index is 9.83. The molecule has 3 nitrogen and oxygen atoms in total. The van der Waals surface area contributed by atoms with E-state index in [0.717, 1.165) is 17.7 Å². The Balaban J connectivity index is 2.17. The van der Waals surface area contributed by atoms with Crippen molar-refractivity contribution >= 4 is 0 Å². The lowest BCUT2D eigenvalue weighted by Crippen LogP contribution is -1.87. The number of ether oxygens (including phenoxy) is 2. The zero-order valence-corrected chi connectivity index (χ0v) is 10.5. The van der Waals surface area contributed by atoms with Crippen LogP contribution in [0.5, 0.6) is 23.0 Å². The van der Waals surface area contributed by atoms with Crippen molar-refractivity contribution in [2.75, 3.05) is 7.11 Å². The van der Waals surface area contributed by atoms with Gasteiger partial charge in [0.2, 0.25) is 0 Å². The van der Waals surface area contributed by atoms with E-state index < -0.39 is 0 Å². The first kappa shape index (κ1) is 12.3. The fourth-order valence-corrected chi connectivity index (χ4v) is 1.64. The average Bonchev–Trinajstić information content (AvgIpc) is 2.42. The maximum Gasteiger partial charge on any atom is 0.169 e. The van der Waals surface area contributed by atoms with Gasteiger partial charge in [-0.15, -0.1) is 0 Å². The number of methoxy groups -OCH3 is 1. The summed E-state index contributed by atoms with van der Waals surface area (Å²) in [7, 11) is 1.62. The van der Waals surface area contributed by atoms with Crippen LogP contribution in [0.4, 0.5) is 0 Å². The van der Waals surface area contributed by atoms with E-state index in [-0.39, 0.29) is 5.75 Å². The Bertz CT molecular complexity index is 518. The molecule has 0 amide bonds. The van der Waals surface area contributed by atoms with Crippen LogP contribution in [-0.4, -0.2) is 12.2 Å². The van der Waals surface area contributed by atoms with Gasteiger partial charge in [-0.3, -0.25) is 0 Å². The van der Waals surface area contributed by atoms with Gasteiger partial charge < -0.3 is 14.6 Å². The lowest BCUT2D eigenvalue weighted by molar-refractivity contribution is 0.404. The van der Waals surface area contributed by atoms with Crippen LogP contribution in [0.15, 0.2) is 42.5 Å². The highest BCUT2D eigenvalue weighted by molar-refractivity contribution is 5.45. The lowest BCUT2D eigenvalue weighted by Gasteiger charge is -2.09. The van der Waals surface area contributed by atoms with Gasteiger partial charge in [0, 0.05) is 0 Å². The molecule has 2 aromatic rings. The molecule has 0 aliphatic carbocycles.